The molecular weight excluding hydrogens is 391 g/mol. The Kier molecular flexibility index (Phi) is 3.10. The molecule has 0 aromatic heterocycles. The predicted octanol–water partition coefficient (Wildman–Crippen LogP) is 2.96. The minimum absolute atomic E-state index is 0.123. The molecule has 1 aliphatic heterocycles. The minimum Gasteiger partial charge on any atom is -0.298 e. The van der Waals surface area contributed by atoms with Gasteiger partial charge in [-0.2, -0.15) is 13.2 Å². The van der Waals surface area contributed by atoms with E-state index in [9.17, 15) is 27.6 Å². The van der Waals surface area contributed by atoms with Crippen molar-refractivity contribution < 1.29 is 27.6 Å². The monoisotopic (exact) mass is 399 g/mol. The van der Waals surface area contributed by atoms with Crippen LogP contribution >= 0.6 is 15.9 Å². The van der Waals surface area contributed by atoms with Gasteiger partial charge in [-0.3, -0.25) is 14.4 Å². The molecule has 4 atom stereocenters. The van der Waals surface area contributed by atoms with Gasteiger partial charge in [0, 0.05) is 16.3 Å². The summed E-state index contributed by atoms with van der Waals surface area (Å²) in [5.74, 6) is -4.23. The van der Waals surface area contributed by atoms with E-state index in [1.807, 2.05) is 0 Å². The number of amides is 2. The van der Waals surface area contributed by atoms with E-state index in [4.69, 9.17) is 0 Å². The van der Waals surface area contributed by atoms with Crippen molar-refractivity contribution in [3.63, 3.8) is 0 Å². The van der Waals surface area contributed by atoms with Crippen molar-refractivity contribution in [1.82, 2.24) is 0 Å². The summed E-state index contributed by atoms with van der Waals surface area (Å²) in [7, 11) is 0. The predicted molar refractivity (Wildman–Crippen MR) is 79.7 cm³/mol. The molecule has 0 N–H and O–H groups in total. The Morgan fingerprint density at radius 1 is 0.958 bits per heavy atom. The molecule has 1 saturated heterocycles. The first-order valence-corrected chi connectivity index (χ1v) is 7.97. The van der Waals surface area contributed by atoms with Crippen LogP contribution in [0.3, 0.4) is 0 Å². The Morgan fingerprint density at radius 3 is 2.00 bits per heavy atom. The van der Waals surface area contributed by atoms with E-state index < -0.39 is 47.2 Å². The summed E-state index contributed by atoms with van der Waals surface area (Å²) in [5.41, 5.74) is -1.09. The van der Waals surface area contributed by atoms with E-state index in [1.54, 1.807) is 12.2 Å². The van der Waals surface area contributed by atoms with E-state index >= 15 is 0 Å². The summed E-state index contributed by atoms with van der Waals surface area (Å²) < 4.78 is 39.0. The number of rotatable bonds is 1. The number of fused-ring (bicyclic) bond motifs is 5. The van der Waals surface area contributed by atoms with Crippen LogP contribution in [0.1, 0.15) is 5.56 Å². The van der Waals surface area contributed by atoms with Crippen LogP contribution in [0.2, 0.25) is 0 Å². The van der Waals surface area contributed by atoms with Gasteiger partial charge in [0.2, 0.25) is 11.8 Å². The van der Waals surface area contributed by atoms with Crippen molar-refractivity contribution >= 4 is 39.2 Å². The molecule has 2 unspecified atom stereocenters. The Morgan fingerprint density at radius 2 is 1.50 bits per heavy atom. The fourth-order valence-corrected chi connectivity index (χ4v) is 4.31. The van der Waals surface area contributed by atoms with Gasteiger partial charge in [0.1, 0.15) is 5.78 Å². The lowest BCUT2D eigenvalue weighted by molar-refractivity contribution is -0.138. The molecule has 2 amide bonds. The van der Waals surface area contributed by atoms with E-state index in [0.29, 0.717) is 0 Å². The van der Waals surface area contributed by atoms with Crippen LogP contribution in [0, 0.1) is 23.7 Å². The molecule has 24 heavy (non-hydrogen) atoms. The molecule has 0 radical (unpaired) electrons. The zero-order valence-corrected chi connectivity index (χ0v) is 13.5. The first kappa shape index (κ1) is 15.6. The number of hydrogen-bond acceptors (Lipinski definition) is 3. The summed E-state index contributed by atoms with van der Waals surface area (Å²) in [6.07, 6.45) is -1.38. The normalized spacial score (nSPS) is 31.3. The number of ketones is 1. The van der Waals surface area contributed by atoms with E-state index in [0.717, 1.165) is 17.0 Å². The summed E-state index contributed by atoms with van der Waals surface area (Å²) in [6.45, 7) is 0. The second-order valence-electron chi connectivity index (χ2n) is 6.06. The SMILES string of the molecule is O=C1C2C=CC1[C@@H]1C(=O)N(c3ccc(Br)c(C(F)(F)F)c3)C(=O)[C@H]21. The maximum absolute atomic E-state index is 13.1. The zero-order chi connectivity index (χ0) is 17.4. The Bertz CT molecular complexity index is 798. The third-order valence-electron chi connectivity index (χ3n) is 4.87. The average molecular weight is 400 g/mol. The Labute approximate surface area is 142 Å². The van der Waals surface area contributed by atoms with Crippen LogP contribution < -0.4 is 4.90 Å². The number of nitrogens with zero attached hydrogens (tertiary/aromatic N) is 1. The van der Waals surface area contributed by atoms with Gasteiger partial charge >= 0.3 is 6.18 Å². The number of imide groups is 1. The molecule has 1 aromatic rings. The number of carbonyl (C=O) groups excluding carboxylic acids is 3. The molecule has 4 nitrogen and oxygen atoms in total. The zero-order valence-electron chi connectivity index (χ0n) is 11.9. The summed E-state index contributed by atoms with van der Waals surface area (Å²) in [6, 6.07) is 3.22. The Hall–Kier alpha value is -1.96. The molecule has 4 rings (SSSR count). The van der Waals surface area contributed by atoms with Gasteiger partial charge in [0.25, 0.3) is 0 Å². The van der Waals surface area contributed by atoms with Gasteiger partial charge in [-0.05, 0) is 18.2 Å². The van der Waals surface area contributed by atoms with Gasteiger partial charge in [0.15, 0.2) is 0 Å². The van der Waals surface area contributed by atoms with Crippen LogP contribution in [0.4, 0.5) is 18.9 Å². The lowest BCUT2D eigenvalue weighted by atomic mass is 9.85. The highest BCUT2D eigenvalue weighted by molar-refractivity contribution is 9.10. The van der Waals surface area contributed by atoms with Crippen LogP contribution in [-0.2, 0) is 20.6 Å². The first-order valence-electron chi connectivity index (χ1n) is 7.18. The lowest BCUT2D eigenvalue weighted by Gasteiger charge is -2.19. The summed E-state index contributed by atoms with van der Waals surface area (Å²) >= 11 is 2.83. The highest BCUT2D eigenvalue weighted by Crippen LogP contribution is 2.51. The fourth-order valence-electron chi connectivity index (χ4n) is 3.84. The molecule has 2 fully saturated rings. The fraction of sp³-hybridized carbons (Fsp3) is 0.312. The first-order chi connectivity index (χ1) is 11.2. The number of alkyl halides is 3. The minimum atomic E-state index is -4.62. The van der Waals surface area contributed by atoms with E-state index in [-0.39, 0.29) is 15.9 Å². The highest BCUT2D eigenvalue weighted by atomic mass is 79.9. The third-order valence-corrected chi connectivity index (χ3v) is 5.56. The number of Topliss-reactive ketones (excluding diaryl/α,β-unsaturated/α-hetero) is 1. The summed E-state index contributed by atoms with van der Waals surface area (Å²) in [4.78, 5) is 38.0. The number of allylic oxidation sites excluding steroid dienone is 2. The van der Waals surface area contributed by atoms with Gasteiger partial charge in [0.05, 0.1) is 23.1 Å². The molecule has 1 saturated carbocycles. The molecule has 2 aliphatic carbocycles. The molecular formula is C16H9BrF3NO3. The van der Waals surface area contributed by atoms with Gasteiger partial charge in [-0.15, -0.1) is 0 Å². The molecule has 1 aromatic carbocycles. The van der Waals surface area contributed by atoms with Crippen molar-refractivity contribution in [2.24, 2.45) is 23.7 Å². The smallest absolute Gasteiger partial charge is 0.298 e. The van der Waals surface area contributed by atoms with Crippen LogP contribution in [0.15, 0.2) is 34.8 Å². The standard InChI is InChI=1S/C16H9BrF3NO3/c17-10-4-1-6(5-9(10)16(18,19)20)21-14(23)11-7-2-3-8(13(7)22)12(11)15(21)24/h1-5,7-8,11-12H/t7?,8?,11-,12+. The highest BCUT2D eigenvalue weighted by Gasteiger charge is 2.63. The number of carbonyl (C=O) groups is 3. The van der Waals surface area contributed by atoms with Crippen molar-refractivity contribution in [3.05, 3.63) is 40.4 Å². The molecule has 1 heterocycles. The van der Waals surface area contributed by atoms with Crippen LogP contribution in [0.25, 0.3) is 0 Å². The van der Waals surface area contributed by atoms with Crippen molar-refractivity contribution in [1.29, 1.82) is 0 Å². The topological polar surface area (TPSA) is 54.5 Å². The van der Waals surface area contributed by atoms with Crippen LogP contribution in [-0.4, -0.2) is 17.6 Å². The van der Waals surface area contributed by atoms with E-state index in [1.165, 1.54) is 6.07 Å². The molecule has 0 spiro atoms. The number of hydrogen-bond donors (Lipinski definition) is 0. The second-order valence-corrected chi connectivity index (χ2v) is 6.92. The van der Waals surface area contributed by atoms with Gasteiger partial charge in [-0.1, -0.05) is 28.1 Å². The average Bonchev–Trinajstić information content (AvgIpc) is 3.09. The molecule has 124 valence electrons. The van der Waals surface area contributed by atoms with E-state index in [2.05, 4.69) is 15.9 Å². The molecule has 3 aliphatic rings. The Balaban J connectivity index is 1.76. The summed E-state index contributed by atoms with van der Waals surface area (Å²) in [5, 5.41) is 0. The van der Waals surface area contributed by atoms with Crippen molar-refractivity contribution in [2.75, 3.05) is 4.90 Å². The number of halogens is 4. The molecule has 8 heteroatoms. The maximum atomic E-state index is 13.1. The van der Waals surface area contributed by atoms with Crippen LogP contribution in [0.5, 0.6) is 0 Å². The quantitative estimate of drug-likeness (QED) is 0.538. The van der Waals surface area contributed by atoms with Gasteiger partial charge in [-0.25, -0.2) is 4.90 Å². The second kappa shape index (κ2) is 4.78. The number of benzene rings is 1. The third kappa shape index (κ3) is 1.89. The van der Waals surface area contributed by atoms with Crippen molar-refractivity contribution in [3.8, 4) is 0 Å². The van der Waals surface area contributed by atoms with Gasteiger partial charge < -0.3 is 0 Å². The molecule has 2 bridgehead atoms. The number of anilines is 1. The lowest BCUT2D eigenvalue weighted by Crippen LogP contribution is -2.34. The van der Waals surface area contributed by atoms with Crippen molar-refractivity contribution in [2.45, 2.75) is 6.18 Å². The largest absolute Gasteiger partial charge is 0.417 e. The maximum Gasteiger partial charge on any atom is 0.417 e.